The second-order valence-corrected chi connectivity index (χ2v) is 5.56. The van der Waals surface area contributed by atoms with Gasteiger partial charge in [-0.2, -0.15) is 5.26 Å². The minimum atomic E-state index is -0.388. The molecule has 0 amide bonds. The second-order valence-electron chi connectivity index (χ2n) is 3.29. The van der Waals surface area contributed by atoms with Crippen molar-refractivity contribution >= 4 is 27.7 Å². The van der Waals surface area contributed by atoms with Crippen molar-refractivity contribution in [3.05, 3.63) is 28.2 Å². The number of hydrogen-bond acceptors (Lipinski definition) is 3. The zero-order valence-electron chi connectivity index (χ0n) is 8.57. The van der Waals surface area contributed by atoms with Crippen LogP contribution in [0.15, 0.2) is 27.6 Å². The van der Waals surface area contributed by atoms with Gasteiger partial charge in [0, 0.05) is 14.6 Å². The highest BCUT2D eigenvalue weighted by Gasteiger charge is 2.14. The molecule has 0 saturated carbocycles. The quantitative estimate of drug-likeness (QED) is 0.868. The Morgan fingerprint density at radius 1 is 1.47 bits per heavy atom. The number of halogens is 1. The van der Waals surface area contributed by atoms with E-state index in [1.807, 2.05) is 25.1 Å². The van der Waals surface area contributed by atoms with Gasteiger partial charge in [0.2, 0.25) is 0 Å². The molecule has 2 atom stereocenters. The molecule has 80 valence electrons. The summed E-state index contributed by atoms with van der Waals surface area (Å²) >= 11 is 4.85. The number of hydrogen-bond donors (Lipinski definition) is 1. The lowest BCUT2D eigenvalue weighted by atomic mass is 10.2. The van der Waals surface area contributed by atoms with Crippen molar-refractivity contribution in [3.63, 3.8) is 0 Å². The maximum absolute atomic E-state index is 9.40. The molecule has 2 nitrogen and oxygen atoms in total. The maximum Gasteiger partial charge on any atom is 0.101 e. The van der Waals surface area contributed by atoms with Gasteiger partial charge in [0.25, 0.3) is 0 Å². The predicted octanol–water partition coefficient (Wildman–Crippen LogP) is 3.18. The number of nitriles is 1. The lowest BCUT2D eigenvalue weighted by Crippen LogP contribution is -2.15. The number of aliphatic hydroxyl groups excluding tert-OH is 1. The fourth-order valence-electron chi connectivity index (χ4n) is 1.01. The normalized spacial score (nSPS) is 14.3. The molecule has 1 N–H and O–H groups in total. The van der Waals surface area contributed by atoms with E-state index in [0.29, 0.717) is 5.56 Å². The first-order valence-electron chi connectivity index (χ1n) is 4.59. The Bertz CT molecular complexity index is 387. The van der Waals surface area contributed by atoms with Crippen LogP contribution in [0.5, 0.6) is 0 Å². The average molecular weight is 286 g/mol. The first-order valence-corrected chi connectivity index (χ1v) is 6.27. The van der Waals surface area contributed by atoms with Crippen molar-refractivity contribution in [3.8, 4) is 6.07 Å². The molecule has 1 aromatic carbocycles. The molecule has 0 aliphatic carbocycles. The van der Waals surface area contributed by atoms with Crippen LogP contribution in [0.4, 0.5) is 0 Å². The summed E-state index contributed by atoms with van der Waals surface area (Å²) in [6.45, 7) is 3.69. The van der Waals surface area contributed by atoms with E-state index < -0.39 is 0 Å². The molecular weight excluding hydrogens is 274 g/mol. The summed E-state index contributed by atoms with van der Waals surface area (Å²) in [5, 5.41) is 18.5. The first kappa shape index (κ1) is 12.6. The second kappa shape index (κ2) is 5.55. The van der Waals surface area contributed by atoms with E-state index >= 15 is 0 Å². The molecule has 0 heterocycles. The van der Waals surface area contributed by atoms with Crippen LogP contribution in [0, 0.1) is 11.3 Å². The number of benzene rings is 1. The topological polar surface area (TPSA) is 44.0 Å². The van der Waals surface area contributed by atoms with Gasteiger partial charge in [0.05, 0.1) is 11.7 Å². The monoisotopic (exact) mass is 285 g/mol. The Morgan fingerprint density at radius 3 is 2.67 bits per heavy atom. The fourth-order valence-corrected chi connectivity index (χ4v) is 2.62. The minimum Gasteiger partial charge on any atom is -0.392 e. The van der Waals surface area contributed by atoms with E-state index in [1.165, 1.54) is 11.8 Å². The Hall–Kier alpha value is -0.500. The molecule has 0 aromatic heterocycles. The zero-order valence-corrected chi connectivity index (χ0v) is 11.0. The lowest BCUT2D eigenvalue weighted by Gasteiger charge is -2.15. The van der Waals surface area contributed by atoms with Crippen LogP contribution in [0.2, 0.25) is 0 Å². The molecule has 0 fully saturated rings. The summed E-state index contributed by atoms with van der Waals surface area (Å²) in [5.41, 5.74) is 0.634. The number of thioether (sulfide) groups is 1. The SMILES string of the molecule is CC(O)C(C)Sc1cccc(Br)c1C#N. The van der Waals surface area contributed by atoms with Gasteiger partial charge in [-0.25, -0.2) is 0 Å². The fraction of sp³-hybridized carbons (Fsp3) is 0.364. The van der Waals surface area contributed by atoms with Gasteiger partial charge in [0.15, 0.2) is 0 Å². The van der Waals surface area contributed by atoms with Crippen molar-refractivity contribution in [2.24, 2.45) is 0 Å². The van der Waals surface area contributed by atoms with Gasteiger partial charge >= 0.3 is 0 Å². The molecule has 0 aliphatic rings. The molecule has 0 saturated heterocycles. The van der Waals surface area contributed by atoms with Crippen molar-refractivity contribution in [2.45, 2.75) is 30.1 Å². The molecule has 4 heteroatoms. The van der Waals surface area contributed by atoms with Crippen LogP contribution in [-0.2, 0) is 0 Å². The minimum absolute atomic E-state index is 0.0754. The Labute approximate surface area is 102 Å². The third-order valence-electron chi connectivity index (χ3n) is 2.08. The van der Waals surface area contributed by atoms with Crippen LogP contribution < -0.4 is 0 Å². The molecule has 2 unspecified atom stereocenters. The van der Waals surface area contributed by atoms with Gasteiger partial charge in [-0.15, -0.1) is 11.8 Å². The maximum atomic E-state index is 9.40. The van der Waals surface area contributed by atoms with Crippen LogP contribution in [0.25, 0.3) is 0 Å². The van der Waals surface area contributed by atoms with E-state index in [-0.39, 0.29) is 11.4 Å². The van der Waals surface area contributed by atoms with Crippen LogP contribution in [-0.4, -0.2) is 16.5 Å². The molecule has 0 aliphatic heterocycles. The Balaban J connectivity index is 2.96. The van der Waals surface area contributed by atoms with E-state index in [4.69, 9.17) is 5.26 Å². The van der Waals surface area contributed by atoms with E-state index in [9.17, 15) is 5.11 Å². The summed E-state index contributed by atoms with van der Waals surface area (Å²) in [6, 6.07) is 7.79. The summed E-state index contributed by atoms with van der Waals surface area (Å²) in [6.07, 6.45) is -0.388. The standard InChI is InChI=1S/C11H12BrNOS/c1-7(14)8(2)15-11-5-3-4-10(12)9(11)6-13/h3-5,7-8,14H,1-2H3. The molecule has 0 radical (unpaired) electrons. The molecule has 0 spiro atoms. The van der Waals surface area contributed by atoms with E-state index in [2.05, 4.69) is 22.0 Å². The summed E-state index contributed by atoms with van der Waals surface area (Å²) in [7, 11) is 0. The van der Waals surface area contributed by atoms with Crippen molar-refractivity contribution in [1.82, 2.24) is 0 Å². The third kappa shape index (κ3) is 3.23. The summed E-state index contributed by atoms with van der Waals surface area (Å²) < 4.78 is 0.799. The van der Waals surface area contributed by atoms with Gasteiger partial charge in [-0.05, 0) is 35.0 Å². The highest BCUT2D eigenvalue weighted by Crippen LogP contribution is 2.31. The highest BCUT2D eigenvalue weighted by atomic mass is 79.9. The predicted molar refractivity (Wildman–Crippen MR) is 65.9 cm³/mol. The van der Waals surface area contributed by atoms with Crippen LogP contribution >= 0.6 is 27.7 Å². The Kier molecular flexibility index (Phi) is 4.65. The third-order valence-corrected chi connectivity index (χ3v) is 4.10. The van der Waals surface area contributed by atoms with Crippen LogP contribution in [0.3, 0.4) is 0 Å². The van der Waals surface area contributed by atoms with Crippen LogP contribution in [0.1, 0.15) is 19.4 Å². The van der Waals surface area contributed by atoms with Crippen molar-refractivity contribution in [2.75, 3.05) is 0 Å². The Morgan fingerprint density at radius 2 is 2.13 bits per heavy atom. The van der Waals surface area contributed by atoms with E-state index in [1.54, 1.807) is 6.92 Å². The molecular formula is C11H12BrNOS. The van der Waals surface area contributed by atoms with Gasteiger partial charge < -0.3 is 5.11 Å². The molecule has 0 bridgehead atoms. The number of nitrogens with zero attached hydrogens (tertiary/aromatic N) is 1. The lowest BCUT2D eigenvalue weighted by molar-refractivity contribution is 0.196. The number of rotatable bonds is 3. The summed E-state index contributed by atoms with van der Waals surface area (Å²) in [5.74, 6) is 0. The first-order chi connectivity index (χ1) is 7.06. The molecule has 1 rings (SSSR count). The van der Waals surface area contributed by atoms with Gasteiger partial charge in [0.1, 0.15) is 6.07 Å². The van der Waals surface area contributed by atoms with Gasteiger partial charge in [-0.1, -0.05) is 13.0 Å². The molecule has 15 heavy (non-hydrogen) atoms. The van der Waals surface area contributed by atoms with Crippen molar-refractivity contribution < 1.29 is 5.11 Å². The van der Waals surface area contributed by atoms with Gasteiger partial charge in [-0.3, -0.25) is 0 Å². The molecule has 1 aromatic rings. The van der Waals surface area contributed by atoms with E-state index in [0.717, 1.165) is 9.37 Å². The zero-order chi connectivity index (χ0) is 11.4. The average Bonchev–Trinajstić information content (AvgIpc) is 2.18. The largest absolute Gasteiger partial charge is 0.392 e. The number of aliphatic hydroxyl groups is 1. The smallest absolute Gasteiger partial charge is 0.101 e. The summed E-state index contributed by atoms with van der Waals surface area (Å²) in [4.78, 5) is 0.903. The highest BCUT2D eigenvalue weighted by molar-refractivity contribution is 9.10. The van der Waals surface area contributed by atoms with Crippen molar-refractivity contribution in [1.29, 1.82) is 5.26 Å².